The van der Waals surface area contributed by atoms with Crippen LogP contribution in [0.3, 0.4) is 0 Å². The molecule has 3 rings (SSSR count). The van der Waals surface area contributed by atoms with E-state index in [0.717, 1.165) is 12.2 Å². The predicted octanol–water partition coefficient (Wildman–Crippen LogP) is 3.87. The van der Waals surface area contributed by atoms with Gasteiger partial charge in [-0.1, -0.05) is 35.5 Å². The Morgan fingerprint density at radius 3 is 2.70 bits per heavy atom. The third kappa shape index (κ3) is 5.86. The number of hydrogen-bond donors (Lipinski definition) is 1. The molecule has 0 aliphatic heterocycles. The Balaban J connectivity index is 1.46. The van der Waals surface area contributed by atoms with Gasteiger partial charge in [0.15, 0.2) is 6.61 Å². The monoisotopic (exact) mass is 383 g/mol. The first kappa shape index (κ1) is 19.0. The van der Waals surface area contributed by atoms with Crippen LogP contribution in [0.1, 0.15) is 28.5 Å². The number of aryl methyl sites for hydroxylation is 1. The molecule has 1 amide bonds. The van der Waals surface area contributed by atoms with Crippen LogP contribution >= 0.6 is 11.8 Å². The van der Waals surface area contributed by atoms with Crippen molar-refractivity contribution in [3.63, 3.8) is 0 Å². The van der Waals surface area contributed by atoms with Gasteiger partial charge in [0.2, 0.25) is 11.7 Å². The number of benzene rings is 2. The summed E-state index contributed by atoms with van der Waals surface area (Å²) in [4.78, 5) is 17.8. The van der Waals surface area contributed by atoms with Gasteiger partial charge < -0.3 is 14.6 Å². The van der Waals surface area contributed by atoms with Gasteiger partial charge in [-0.05, 0) is 36.4 Å². The largest absolute Gasteiger partial charge is 0.485 e. The number of nitrogens with zero attached hydrogens (tertiary/aromatic N) is 2. The second kappa shape index (κ2) is 9.78. The van der Waals surface area contributed by atoms with Crippen LogP contribution in [0.4, 0.5) is 0 Å². The van der Waals surface area contributed by atoms with Crippen molar-refractivity contribution >= 4 is 17.7 Å². The Morgan fingerprint density at radius 1 is 1.15 bits per heavy atom. The topological polar surface area (TPSA) is 77.2 Å². The molecule has 0 fully saturated rings. The summed E-state index contributed by atoms with van der Waals surface area (Å²) < 4.78 is 10.6. The lowest BCUT2D eigenvalue weighted by molar-refractivity contribution is 0.0949. The summed E-state index contributed by atoms with van der Waals surface area (Å²) in [6.07, 6.45) is 0.885. The number of thioether (sulfide) groups is 1. The number of amides is 1. The van der Waals surface area contributed by atoms with Crippen LogP contribution in [0, 0.1) is 6.92 Å². The average molecular weight is 383 g/mol. The number of nitrogens with one attached hydrogen (secondary N) is 1. The number of carbonyl (C=O) groups is 1. The smallest absolute Gasteiger partial charge is 0.255 e. The van der Waals surface area contributed by atoms with E-state index >= 15 is 0 Å². The van der Waals surface area contributed by atoms with E-state index in [9.17, 15) is 4.79 Å². The van der Waals surface area contributed by atoms with Gasteiger partial charge in [-0.15, -0.1) is 11.8 Å². The highest BCUT2D eigenvalue weighted by Crippen LogP contribution is 2.20. The predicted molar refractivity (Wildman–Crippen MR) is 104 cm³/mol. The van der Waals surface area contributed by atoms with Crippen LogP contribution in [-0.2, 0) is 6.61 Å². The summed E-state index contributed by atoms with van der Waals surface area (Å²) in [6, 6.07) is 17.4. The highest BCUT2D eigenvalue weighted by atomic mass is 32.2. The molecule has 7 heteroatoms. The van der Waals surface area contributed by atoms with Gasteiger partial charge in [0.25, 0.3) is 5.91 Å². The van der Waals surface area contributed by atoms with Crippen LogP contribution in [0.2, 0.25) is 0 Å². The van der Waals surface area contributed by atoms with E-state index in [0.29, 0.717) is 29.6 Å². The highest BCUT2D eigenvalue weighted by molar-refractivity contribution is 7.99. The molecule has 0 unspecified atom stereocenters. The third-order valence-corrected chi connectivity index (χ3v) is 4.77. The average Bonchev–Trinajstić information content (AvgIpc) is 3.12. The second-order valence-electron chi connectivity index (χ2n) is 5.79. The van der Waals surface area contributed by atoms with E-state index in [1.54, 1.807) is 30.8 Å². The molecule has 0 atom stereocenters. The zero-order valence-electron chi connectivity index (χ0n) is 15.1. The summed E-state index contributed by atoms with van der Waals surface area (Å²) in [5.41, 5.74) is 0.494. The Bertz CT molecular complexity index is 868. The van der Waals surface area contributed by atoms with E-state index in [-0.39, 0.29) is 12.5 Å². The summed E-state index contributed by atoms with van der Waals surface area (Å²) >= 11 is 1.78. The maximum Gasteiger partial charge on any atom is 0.255 e. The first-order valence-electron chi connectivity index (χ1n) is 8.69. The zero-order valence-corrected chi connectivity index (χ0v) is 15.9. The molecule has 0 aliphatic carbocycles. The fraction of sp³-hybridized carbons (Fsp3) is 0.250. The van der Waals surface area contributed by atoms with Crippen LogP contribution in [-0.4, -0.2) is 28.3 Å². The Kier molecular flexibility index (Phi) is 6.87. The molecule has 1 N–H and O–H groups in total. The normalized spacial score (nSPS) is 10.6. The van der Waals surface area contributed by atoms with Crippen molar-refractivity contribution in [1.82, 2.24) is 15.5 Å². The molecule has 1 heterocycles. The van der Waals surface area contributed by atoms with Crippen molar-refractivity contribution in [2.45, 2.75) is 24.8 Å². The van der Waals surface area contributed by atoms with Crippen molar-refractivity contribution < 1.29 is 14.1 Å². The molecule has 0 bridgehead atoms. The molecular weight excluding hydrogens is 362 g/mol. The molecule has 6 nitrogen and oxygen atoms in total. The summed E-state index contributed by atoms with van der Waals surface area (Å²) in [6.45, 7) is 2.47. The van der Waals surface area contributed by atoms with E-state index in [1.165, 1.54) is 4.90 Å². The van der Waals surface area contributed by atoms with E-state index in [2.05, 4.69) is 27.6 Å². The lowest BCUT2D eigenvalue weighted by atomic mass is 10.2. The van der Waals surface area contributed by atoms with Crippen LogP contribution in [0.25, 0.3) is 0 Å². The van der Waals surface area contributed by atoms with Gasteiger partial charge in [0.1, 0.15) is 5.75 Å². The van der Waals surface area contributed by atoms with Crippen molar-refractivity contribution in [3.8, 4) is 5.75 Å². The van der Waals surface area contributed by atoms with Gasteiger partial charge in [-0.2, -0.15) is 4.98 Å². The summed E-state index contributed by atoms with van der Waals surface area (Å²) in [5.74, 6) is 2.21. The Labute approximate surface area is 162 Å². The molecule has 3 aromatic rings. The molecule has 0 spiro atoms. The number of hydrogen-bond acceptors (Lipinski definition) is 6. The summed E-state index contributed by atoms with van der Waals surface area (Å²) in [5, 5.41) is 6.73. The Morgan fingerprint density at radius 2 is 1.93 bits per heavy atom. The zero-order chi connectivity index (χ0) is 18.9. The second-order valence-corrected chi connectivity index (χ2v) is 6.95. The SMILES string of the molecule is Cc1nc(COc2ccccc2C(=O)NCCCSc2ccccc2)no1. The number of aromatic nitrogens is 2. The van der Waals surface area contributed by atoms with Gasteiger partial charge in [-0.25, -0.2) is 0 Å². The molecular formula is C20H21N3O3S. The quantitative estimate of drug-likeness (QED) is 0.446. The minimum Gasteiger partial charge on any atom is -0.485 e. The van der Waals surface area contributed by atoms with Crippen molar-refractivity contribution in [2.75, 3.05) is 12.3 Å². The molecule has 27 heavy (non-hydrogen) atoms. The maximum absolute atomic E-state index is 12.5. The number of para-hydroxylation sites is 1. The molecule has 0 aliphatic rings. The lowest BCUT2D eigenvalue weighted by Crippen LogP contribution is -2.25. The van der Waals surface area contributed by atoms with E-state index < -0.39 is 0 Å². The molecule has 2 aromatic carbocycles. The number of rotatable bonds is 9. The van der Waals surface area contributed by atoms with Crippen LogP contribution < -0.4 is 10.1 Å². The molecule has 1 aromatic heterocycles. The maximum atomic E-state index is 12.5. The summed E-state index contributed by atoms with van der Waals surface area (Å²) in [7, 11) is 0. The van der Waals surface area contributed by atoms with Gasteiger partial charge in [-0.3, -0.25) is 4.79 Å². The van der Waals surface area contributed by atoms with Crippen LogP contribution in [0.15, 0.2) is 64.0 Å². The minimum absolute atomic E-state index is 0.148. The van der Waals surface area contributed by atoms with Crippen molar-refractivity contribution in [3.05, 3.63) is 71.9 Å². The van der Waals surface area contributed by atoms with Crippen LogP contribution in [0.5, 0.6) is 5.75 Å². The van der Waals surface area contributed by atoms with Crippen molar-refractivity contribution in [1.29, 1.82) is 0 Å². The first-order valence-corrected chi connectivity index (χ1v) is 9.68. The van der Waals surface area contributed by atoms with E-state index in [4.69, 9.17) is 9.26 Å². The lowest BCUT2D eigenvalue weighted by Gasteiger charge is -2.10. The molecule has 0 saturated carbocycles. The molecule has 140 valence electrons. The number of ether oxygens (including phenoxy) is 1. The number of carbonyl (C=O) groups excluding carboxylic acids is 1. The minimum atomic E-state index is -0.153. The fourth-order valence-electron chi connectivity index (χ4n) is 2.40. The van der Waals surface area contributed by atoms with Gasteiger partial charge >= 0.3 is 0 Å². The highest BCUT2D eigenvalue weighted by Gasteiger charge is 2.12. The standard InChI is InChI=1S/C20H21N3O3S/c1-15-22-19(23-26-15)14-25-18-11-6-5-10-17(18)20(24)21-12-7-13-27-16-8-3-2-4-9-16/h2-6,8-11H,7,12-14H2,1H3,(H,21,24). The fourth-order valence-corrected chi connectivity index (χ4v) is 3.27. The van der Waals surface area contributed by atoms with E-state index in [1.807, 2.05) is 30.3 Å². The Hall–Kier alpha value is -2.80. The molecule has 0 saturated heterocycles. The van der Waals surface area contributed by atoms with Crippen molar-refractivity contribution in [2.24, 2.45) is 0 Å². The molecule has 0 radical (unpaired) electrons. The van der Waals surface area contributed by atoms with Gasteiger partial charge in [0.05, 0.1) is 5.56 Å². The van der Waals surface area contributed by atoms with Gasteiger partial charge in [0, 0.05) is 18.4 Å². The third-order valence-electron chi connectivity index (χ3n) is 3.68. The first-order chi connectivity index (χ1) is 13.2.